The van der Waals surface area contributed by atoms with Gasteiger partial charge in [-0.1, -0.05) is 42.5 Å². The first-order valence-corrected chi connectivity index (χ1v) is 7.74. The van der Waals surface area contributed by atoms with Gasteiger partial charge in [-0.2, -0.15) is 0 Å². The fourth-order valence-electron chi connectivity index (χ4n) is 2.63. The molecule has 5 N–H and O–H groups in total. The minimum atomic E-state index is -0.459. The van der Waals surface area contributed by atoms with Crippen LogP contribution in [0.3, 0.4) is 0 Å². The molecule has 24 heavy (non-hydrogen) atoms. The molecule has 1 unspecified atom stereocenters. The van der Waals surface area contributed by atoms with Gasteiger partial charge in [0.25, 0.3) is 0 Å². The summed E-state index contributed by atoms with van der Waals surface area (Å²) in [6.45, 7) is 0. The van der Waals surface area contributed by atoms with Crippen LogP contribution in [0.4, 0.5) is 0 Å². The predicted octanol–water partition coefficient (Wildman–Crippen LogP) is 3.49. The summed E-state index contributed by atoms with van der Waals surface area (Å²) < 4.78 is 5.15. The fraction of sp³-hybridized carbons (Fsp3) is 0.150. The van der Waals surface area contributed by atoms with E-state index in [9.17, 15) is 0 Å². The Morgan fingerprint density at radius 3 is 2.21 bits per heavy atom. The number of benzene rings is 3. The molecule has 0 saturated heterocycles. The van der Waals surface area contributed by atoms with E-state index in [2.05, 4.69) is 17.9 Å². The number of nitrogens with one attached hydrogen (secondary N) is 1. The molecule has 3 rings (SSSR count). The molecule has 0 amide bonds. The second-order valence-electron chi connectivity index (χ2n) is 5.19. The van der Waals surface area contributed by atoms with Crippen molar-refractivity contribution in [2.45, 2.75) is 6.04 Å². The van der Waals surface area contributed by atoms with Crippen molar-refractivity contribution in [3.05, 3.63) is 77.9 Å². The van der Waals surface area contributed by atoms with E-state index in [0.29, 0.717) is 5.71 Å². The molecule has 0 heterocycles. The number of hydrogen-bond donors (Lipinski definition) is 3. The highest BCUT2D eigenvalue weighted by Crippen LogP contribution is 2.25. The number of ether oxygens (including phenoxy) is 1. The van der Waals surface area contributed by atoms with Crippen LogP contribution in [0.2, 0.25) is 0 Å². The first kappa shape index (κ1) is 17.7. The van der Waals surface area contributed by atoms with Gasteiger partial charge in [0.1, 0.15) is 5.75 Å². The van der Waals surface area contributed by atoms with Crippen molar-refractivity contribution in [1.82, 2.24) is 0 Å². The van der Waals surface area contributed by atoms with Crippen molar-refractivity contribution < 1.29 is 4.74 Å². The molecule has 0 fully saturated rings. The van der Waals surface area contributed by atoms with Gasteiger partial charge in [0.2, 0.25) is 0 Å². The van der Waals surface area contributed by atoms with Gasteiger partial charge < -0.3 is 21.6 Å². The predicted molar refractivity (Wildman–Crippen MR) is 101 cm³/mol. The van der Waals surface area contributed by atoms with E-state index in [1.807, 2.05) is 54.6 Å². The van der Waals surface area contributed by atoms with Gasteiger partial charge in [-0.3, -0.25) is 0 Å². The molecule has 0 aliphatic rings. The SMILES string of the molecule is CN.COc1ccc(C(=N)C(N)c2cccc3ccccc23)cc1. The highest BCUT2D eigenvalue weighted by molar-refractivity contribution is 6.04. The largest absolute Gasteiger partial charge is 0.497 e. The fourth-order valence-corrected chi connectivity index (χ4v) is 2.63. The van der Waals surface area contributed by atoms with Crippen LogP contribution in [0.5, 0.6) is 5.75 Å². The summed E-state index contributed by atoms with van der Waals surface area (Å²) in [6, 6.07) is 21.1. The number of methoxy groups -OCH3 is 1. The summed E-state index contributed by atoms with van der Waals surface area (Å²) in [4.78, 5) is 0. The van der Waals surface area contributed by atoms with Crippen molar-refractivity contribution in [3.63, 3.8) is 0 Å². The Morgan fingerprint density at radius 2 is 1.54 bits per heavy atom. The number of fused-ring (bicyclic) bond motifs is 1. The quantitative estimate of drug-likeness (QED) is 0.643. The Kier molecular flexibility index (Phi) is 6.07. The van der Waals surface area contributed by atoms with E-state index in [1.165, 1.54) is 7.05 Å². The van der Waals surface area contributed by atoms with Crippen LogP contribution in [-0.4, -0.2) is 19.9 Å². The van der Waals surface area contributed by atoms with Crippen molar-refractivity contribution in [2.24, 2.45) is 11.5 Å². The molecular formula is C20H23N3O. The highest BCUT2D eigenvalue weighted by atomic mass is 16.5. The zero-order valence-electron chi connectivity index (χ0n) is 14.0. The molecule has 0 aliphatic heterocycles. The van der Waals surface area contributed by atoms with E-state index >= 15 is 0 Å². The molecule has 1 atom stereocenters. The highest BCUT2D eigenvalue weighted by Gasteiger charge is 2.16. The third-order valence-electron chi connectivity index (χ3n) is 3.87. The lowest BCUT2D eigenvalue weighted by Gasteiger charge is -2.16. The molecule has 0 aromatic heterocycles. The smallest absolute Gasteiger partial charge is 0.118 e. The second-order valence-corrected chi connectivity index (χ2v) is 5.19. The third kappa shape index (κ3) is 3.62. The Hall–Kier alpha value is -2.69. The molecule has 3 aromatic carbocycles. The van der Waals surface area contributed by atoms with Crippen LogP contribution in [0.1, 0.15) is 17.2 Å². The van der Waals surface area contributed by atoms with Crippen LogP contribution in [-0.2, 0) is 0 Å². The topological polar surface area (TPSA) is 85.1 Å². The van der Waals surface area contributed by atoms with Gasteiger partial charge >= 0.3 is 0 Å². The molecule has 0 saturated carbocycles. The lowest BCUT2D eigenvalue weighted by Crippen LogP contribution is -2.21. The van der Waals surface area contributed by atoms with Crippen LogP contribution in [0, 0.1) is 5.41 Å². The minimum absolute atomic E-state index is 0.402. The van der Waals surface area contributed by atoms with Gasteiger partial charge in [-0.15, -0.1) is 0 Å². The molecule has 4 nitrogen and oxygen atoms in total. The lowest BCUT2D eigenvalue weighted by molar-refractivity contribution is 0.415. The molecule has 124 valence electrons. The third-order valence-corrected chi connectivity index (χ3v) is 3.87. The maximum Gasteiger partial charge on any atom is 0.118 e. The summed E-state index contributed by atoms with van der Waals surface area (Å²) in [5.41, 5.74) is 13.0. The summed E-state index contributed by atoms with van der Waals surface area (Å²) in [5.74, 6) is 0.773. The zero-order chi connectivity index (χ0) is 17.5. The summed E-state index contributed by atoms with van der Waals surface area (Å²) in [7, 11) is 3.13. The molecule has 0 radical (unpaired) electrons. The molecule has 3 aromatic rings. The Morgan fingerprint density at radius 1 is 0.917 bits per heavy atom. The summed E-state index contributed by atoms with van der Waals surface area (Å²) >= 11 is 0. The Balaban J connectivity index is 0.00000100. The maximum absolute atomic E-state index is 8.41. The van der Waals surface area contributed by atoms with Gasteiger partial charge in [-0.25, -0.2) is 0 Å². The first-order chi connectivity index (χ1) is 11.7. The zero-order valence-corrected chi connectivity index (χ0v) is 14.0. The Bertz CT molecular complexity index is 807. The molecule has 0 aliphatic carbocycles. The summed E-state index contributed by atoms with van der Waals surface area (Å²) in [5, 5.41) is 10.6. The standard InChI is InChI=1S/C19H18N2O.CH5N/c1-22-15-11-9-14(10-12-15)18(20)19(21)17-8-4-6-13-5-2-3-7-16(13)17;1-2/h2-12,19-20H,21H2,1H3;2H2,1H3. The normalized spacial score (nSPS) is 11.3. The van der Waals surface area contributed by atoms with Crippen LogP contribution >= 0.6 is 0 Å². The summed E-state index contributed by atoms with van der Waals surface area (Å²) in [6.07, 6.45) is 0. The van der Waals surface area contributed by atoms with E-state index in [0.717, 1.165) is 27.6 Å². The van der Waals surface area contributed by atoms with Crippen molar-refractivity contribution in [2.75, 3.05) is 14.2 Å². The van der Waals surface area contributed by atoms with Crippen LogP contribution in [0.25, 0.3) is 10.8 Å². The Labute approximate surface area is 142 Å². The number of rotatable bonds is 4. The van der Waals surface area contributed by atoms with Crippen molar-refractivity contribution >= 4 is 16.5 Å². The average molecular weight is 321 g/mol. The van der Waals surface area contributed by atoms with Gasteiger partial charge in [-0.05, 0) is 53.2 Å². The molecule has 4 heteroatoms. The van der Waals surface area contributed by atoms with Gasteiger partial charge in [0.05, 0.1) is 18.9 Å². The molecule has 0 bridgehead atoms. The lowest BCUT2D eigenvalue weighted by atomic mass is 9.93. The first-order valence-electron chi connectivity index (χ1n) is 7.74. The van der Waals surface area contributed by atoms with E-state index in [1.54, 1.807) is 7.11 Å². The van der Waals surface area contributed by atoms with Crippen molar-refractivity contribution in [1.29, 1.82) is 5.41 Å². The second kappa shape index (κ2) is 8.24. The van der Waals surface area contributed by atoms with Crippen LogP contribution < -0.4 is 16.2 Å². The maximum atomic E-state index is 8.41. The number of nitrogens with two attached hydrogens (primary N) is 2. The number of hydrogen-bond acceptors (Lipinski definition) is 4. The van der Waals surface area contributed by atoms with E-state index in [-0.39, 0.29) is 0 Å². The van der Waals surface area contributed by atoms with Gasteiger partial charge in [0, 0.05) is 0 Å². The molecule has 0 spiro atoms. The minimum Gasteiger partial charge on any atom is -0.497 e. The molecular weight excluding hydrogens is 298 g/mol. The van der Waals surface area contributed by atoms with Crippen molar-refractivity contribution in [3.8, 4) is 5.75 Å². The monoisotopic (exact) mass is 321 g/mol. The van der Waals surface area contributed by atoms with E-state index < -0.39 is 6.04 Å². The van der Waals surface area contributed by atoms with E-state index in [4.69, 9.17) is 15.9 Å². The van der Waals surface area contributed by atoms with Crippen LogP contribution in [0.15, 0.2) is 66.7 Å². The average Bonchev–Trinajstić information content (AvgIpc) is 2.68. The van der Waals surface area contributed by atoms with Gasteiger partial charge in [0.15, 0.2) is 0 Å².